The van der Waals surface area contributed by atoms with Crippen molar-refractivity contribution in [1.29, 1.82) is 0 Å². The molecule has 1 aliphatic rings. The summed E-state index contributed by atoms with van der Waals surface area (Å²) in [5, 5.41) is 8.89. The van der Waals surface area contributed by atoms with Crippen molar-refractivity contribution in [2.45, 2.75) is 31.5 Å². The lowest BCUT2D eigenvalue weighted by molar-refractivity contribution is -0.0357. The minimum Gasteiger partial charge on any atom is -0.394 e. The van der Waals surface area contributed by atoms with Crippen molar-refractivity contribution in [3.05, 3.63) is 32.6 Å². The molecule has 1 aromatic heterocycles. The fraction of sp³-hybridized carbons (Fsp3) is 0.600. The highest BCUT2D eigenvalue weighted by Crippen LogP contribution is 2.29. The summed E-state index contributed by atoms with van der Waals surface area (Å²) >= 11 is 0. The first-order chi connectivity index (χ1) is 8.56. The van der Waals surface area contributed by atoms with Crippen LogP contribution in [0.4, 0.5) is 4.39 Å². The molecule has 2 rings (SSSR count). The summed E-state index contributed by atoms with van der Waals surface area (Å²) in [5.74, 6) is 0. The van der Waals surface area contributed by atoms with Crippen molar-refractivity contribution in [3.63, 3.8) is 0 Å². The normalized spacial score (nSPS) is 27.6. The second-order valence-electron chi connectivity index (χ2n) is 4.09. The number of aromatic nitrogens is 2. The third-order valence-corrected chi connectivity index (χ3v) is 2.91. The molecule has 2 heterocycles. The zero-order valence-corrected chi connectivity index (χ0v) is 9.51. The molecule has 0 radical (unpaired) electrons. The average molecular weight is 259 g/mol. The molecule has 0 saturated carbocycles. The van der Waals surface area contributed by atoms with Crippen molar-refractivity contribution >= 4 is 0 Å². The smallest absolute Gasteiger partial charge is 0.330 e. The molecule has 7 nitrogen and oxygen atoms in total. The van der Waals surface area contributed by atoms with Crippen LogP contribution in [0.25, 0.3) is 0 Å². The van der Waals surface area contributed by atoms with Gasteiger partial charge in [0.2, 0.25) is 0 Å². The van der Waals surface area contributed by atoms with Crippen LogP contribution in [-0.4, -0.2) is 33.5 Å². The van der Waals surface area contributed by atoms with E-state index in [2.05, 4.69) is 4.98 Å². The maximum Gasteiger partial charge on any atom is 0.330 e. The van der Waals surface area contributed by atoms with E-state index in [0.717, 1.165) is 4.57 Å². The number of rotatable bonds is 3. The van der Waals surface area contributed by atoms with Crippen LogP contribution in [0.2, 0.25) is 0 Å². The van der Waals surface area contributed by atoms with E-state index in [1.54, 1.807) is 0 Å². The largest absolute Gasteiger partial charge is 0.394 e. The Labute approximate surface area is 101 Å². The van der Waals surface area contributed by atoms with E-state index in [-0.39, 0.29) is 18.5 Å². The van der Waals surface area contributed by atoms with E-state index >= 15 is 0 Å². The molecule has 18 heavy (non-hydrogen) atoms. The maximum atomic E-state index is 13.4. The monoisotopic (exact) mass is 259 g/mol. The minimum atomic E-state index is -1.35. The number of aliphatic hydroxyl groups excluding tert-OH is 1. The molecule has 1 fully saturated rings. The lowest BCUT2D eigenvalue weighted by Crippen LogP contribution is -2.35. The Kier molecular flexibility index (Phi) is 3.60. The van der Waals surface area contributed by atoms with Gasteiger partial charge in [-0.25, -0.2) is 9.18 Å². The third kappa shape index (κ3) is 2.22. The number of ether oxygens (including phenoxy) is 1. The third-order valence-electron chi connectivity index (χ3n) is 2.91. The van der Waals surface area contributed by atoms with E-state index in [1.807, 2.05) is 0 Å². The number of H-pyrrole nitrogens is 1. The summed E-state index contributed by atoms with van der Waals surface area (Å²) in [4.78, 5) is 25.0. The van der Waals surface area contributed by atoms with Crippen LogP contribution in [0.1, 0.15) is 18.2 Å². The van der Waals surface area contributed by atoms with Gasteiger partial charge in [-0.05, 0) is 0 Å². The number of nitrogens with one attached hydrogen (secondary N) is 1. The maximum absolute atomic E-state index is 13.4. The van der Waals surface area contributed by atoms with Crippen molar-refractivity contribution in [1.82, 2.24) is 9.55 Å². The van der Waals surface area contributed by atoms with Crippen molar-refractivity contribution in [2.24, 2.45) is 5.73 Å². The molecule has 0 amide bonds. The predicted octanol–water partition coefficient (Wildman–Crippen LogP) is -1.39. The van der Waals surface area contributed by atoms with Gasteiger partial charge < -0.3 is 15.6 Å². The standard InChI is InChI=1S/C10H14FN3O4/c11-6-1-8(18-7(6)4-15)14-3-5(2-12)9(16)13-10(14)17/h3,6-8,15H,1-2,4,12H2,(H,13,16,17)/t6-,7+,8+/m0/s1. The van der Waals surface area contributed by atoms with Crippen LogP contribution in [0.15, 0.2) is 15.8 Å². The van der Waals surface area contributed by atoms with E-state index < -0.39 is 36.4 Å². The number of hydrogen-bond donors (Lipinski definition) is 3. The van der Waals surface area contributed by atoms with Crippen LogP contribution in [0.5, 0.6) is 0 Å². The molecule has 1 aromatic rings. The van der Waals surface area contributed by atoms with Gasteiger partial charge in [0.05, 0.1) is 6.61 Å². The number of hydrogen-bond acceptors (Lipinski definition) is 5. The predicted molar refractivity (Wildman–Crippen MR) is 59.7 cm³/mol. The molecule has 0 aromatic carbocycles. The summed E-state index contributed by atoms with van der Waals surface area (Å²) in [5.41, 5.74) is 4.32. The lowest BCUT2D eigenvalue weighted by atomic mass is 10.2. The number of aromatic amines is 1. The first-order valence-corrected chi connectivity index (χ1v) is 5.51. The highest BCUT2D eigenvalue weighted by Gasteiger charge is 2.36. The SMILES string of the molecule is NCc1cn([C@H]2C[C@H](F)[C@@H](CO)O2)c(=O)[nH]c1=O. The Hall–Kier alpha value is -1.51. The van der Waals surface area contributed by atoms with Crippen LogP contribution in [0.3, 0.4) is 0 Å². The Balaban J connectivity index is 2.35. The summed E-state index contributed by atoms with van der Waals surface area (Å²) in [7, 11) is 0. The van der Waals surface area contributed by atoms with Crippen LogP contribution >= 0.6 is 0 Å². The van der Waals surface area contributed by atoms with Crippen LogP contribution < -0.4 is 17.0 Å². The minimum absolute atomic E-state index is 0.0369. The van der Waals surface area contributed by atoms with Gasteiger partial charge >= 0.3 is 5.69 Å². The highest BCUT2D eigenvalue weighted by atomic mass is 19.1. The lowest BCUT2D eigenvalue weighted by Gasteiger charge is -2.14. The molecular weight excluding hydrogens is 245 g/mol. The van der Waals surface area contributed by atoms with Crippen molar-refractivity contribution in [2.75, 3.05) is 6.61 Å². The molecule has 0 unspecified atom stereocenters. The van der Waals surface area contributed by atoms with Gasteiger partial charge in [0.25, 0.3) is 5.56 Å². The Bertz CT molecular complexity index is 541. The van der Waals surface area contributed by atoms with Gasteiger partial charge in [0.1, 0.15) is 18.5 Å². The molecule has 1 aliphatic heterocycles. The molecule has 0 aliphatic carbocycles. The van der Waals surface area contributed by atoms with Crippen LogP contribution in [-0.2, 0) is 11.3 Å². The first-order valence-electron chi connectivity index (χ1n) is 5.51. The zero-order valence-electron chi connectivity index (χ0n) is 9.51. The summed E-state index contributed by atoms with van der Waals surface area (Å²) in [6.45, 7) is -0.496. The average Bonchev–Trinajstić information content (AvgIpc) is 2.70. The fourth-order valence-corrected chi connectivity index (χ4v) is 1.91. The summed E-state index contributed by atoms with van der Waals surface area (Å²) in [6, 6.07) is 0. The second-order valence-corrected chi connectivity index (χ2v) is 4.09. The van der Waals surface area contributed by atoms with Gasteiger partial charge in [-0.2, -0.15) is 0 Å². The number of alkyl halides is 1. The first kappa shape index (κ1) is 12.9. The molecule has 100 valence electrons. The van der Waals surface area contributed by atoms with E-state index in [9.17, 15) is 14.0 Å². The molecule has 0 bridgehead atoms. The Morgan fingerprint density at radius 3 is 2.89 bits per heavy atom. The van der Waals surface area contributed by atoms with Gasteiger partial charge in [0.15, 0.2) is 0 Å². The fourth-order valence-electron chi connectivity index (χ4n) is 1.91. The summed E-state index contributed by atoms with van der Waals surface area (Å²) in [6.07, 6.45) is -1.93. The molecule has 8 heteroatoms. The highest BCUT2D eigenvalue weighted by molar-refractivity contribution is 5.04. The van der Waals surface area contributed by atoms with Gasteiger partial charge in [-0.1, -0.05) is 0 Å². The Morgan fingerprint density at radius 2 is 2.33 bits per heavy atom. The van der Waals surface area contributed by atoms with Gasteiger partial charge in [-0.15, -0.1) is 0 Å². The van der Waals surface area contributed by atoms with Crippen molar-refractivity contribution < 1.29 is 14.2 Å². The molecule has 3 atom stereocenters. The molecular formula is C10H14FN3O4. The van der Waals surface area contributed by atoms with Crippen LogP contribution in [0, 0.1) is 0 Å². The van der Waals surface area contributed by atoms with E-state index in [0.29, 0.717) is 0 Å². The number of aliphatic hydroxyl groups is 1. The zero-order chi connectivity index (χ0) is 13.3. The van der Waals surface area contributed by atoms with E-state index in [1.165, 1.54) is 6.20 Å². The molecule has 0 spiro atoms. The number of nitrogens with two attached hydrogens (primary N) is 1. The number of nitrogens with zero attached hydrogens (tertiary/aromatic N) is 1. The van der Waals surface area contributed by atoms with E-state index in [4.69, 9.17) is 15.6 Å². The number of halogens is 1. The van der Waals surface area contributed by atoms with Gasteiger partial charge in [-0.3, -0.25) is 14.3 Å². The van der Waals surface area contributed by atoms with Crippen molar-refractivity contribution in [3.8, 4) is 0 Å². The molecule has 1 saturated heterocycles. The second kappa shape index (κ2) is 5.01. The Morgan fingerprint density at radius 1 is 1.61 bits per heavy atom. The van der Waals surface area contributed by atoms with Gasteiger partial charge in [0, 0.05) is 24.7 Å². The topological polar surface area (TPSA) is 110 Å². The quantitative estimate of drug-likeness (QED) is 0.619. The summed E-state index contributed by atoms with van der Waals surface area (Å²) < 4.78 is 19.7. The molecule has 4 N–H and O–H groups in total.